The zero-order valence-electron chi connectivity index (χ0n) is 20.0. The quantitative estimate of drug-likeness (QED) is 0.475. The molecule has 9 nitrogen and oxygen atoms in total. The standard InChI is InChI=1S/C26H25FN4O5S/c1-36-26(35)20(13-17-5-3-9-28-15-17)29-23(32)21-16-30(24(33)18-6-2-7-19(27)14-18)10-11-31(21)25(34)22-8-4-12-37-22/h2-9,12,14-15,20-21H,10-11,13,16H2,1H3,(H,29,32)/t20-,21+/m1/s1. The number of benzene rings is 1. The summed E-state index contributed by atoms with van der Waals surface area (Å²) >= 11 is 1.24. The fourth-order valence-corrected chi connectivity index (χ4v) is 4.82. The van der Waals surface area contributed by atoms with Crippen LogP contribution in [0.4, 0.5) is 4.39 Å². The molecular weight excluding hydrogens is 499 g/mol. The Labute approximate surface area is 216 Å². The molecule has 192 valence electrons. The molecule has 11 heteroatoms. The van der Waals surface area contributed by atoms with E-state index in [0.717, 1.165) is 6.07 Å². The third kappa shape index (κ3) is 6.18. The number of hydrogen-bond acceptors (Lipinski definition) is 7. The molecular formula is C26H25FN4O5S. The van der Waals surface area contributed by atoms with Gasteiger partial charge in [-0.2, -0.15) is 0 Å². The van der Waals surface area contributed by atoms with Gasteiger partial charge in [-0.1, -0.05) is 18.2 Å². The normalized spacial score (nSPS) is 16.1. The number of pyridine rings is 1. The van der Waals surface area contributed by atoms with E-state index >= 15 is 0 Å². The van der Waals surface area contributed by atoms with E-state index in [1.807, 2.05) is 0 Å². The largest absolute Gasteiger partial charge is 0.467 e. The van der Waals surface area contributed by atoms with Crippen molar-refractivity contribution >= 4 is 35.0 Å². The van der Waals surface area contributed by atoms with Crippen LogP contribution in [0.5, 0.6) is 0 Å². The van der Waals surface area contributed by atoms with Crippen molar-refractivity contribution in [3.05, 3.63) is 88.1 Å². The van der Waals surface area contributed by atoms with Crippen LogP contribution in [0.1, 0.15) is 25.6 Å². The molecule has 0 spiro atoms. The van der Waals surface area contributed by atoms with Crippen molar-refractivity contribution in [1.82, 2.24) is 20.1 Å². The molecule has 0 aliphatic carbocycles. The minimum absolute atomic E-state index is 0.0847. The van der Waals surface area contributed by atoms with E-state index in [9.17, 15) is 23.6 Å². The maximum Gasteiger partial charge on any atom is 0.328 e. The summed E-state index contributed by atoms with van der Waals surface area (Å²) in [4.78, 5) is 59.6. The highest BCUT2D eigenvalue weighted by Gasteiger charge is 2.39. The van der Waals surface area contributed by atoms with Gasteiger partial charge in [0.15, 0.2) is 0 Å². The van der Waals surface area contributed by atoms with Crippen LogP contribution < -0.4 is 5.32 Å². The monoisotopic (exact) mass is 524 g/mol. The number of ether oxygens (including phenoxy) is 1. The Morgan fingerprint density at radius 1 is 1.14 bits per heavy atom. The minimum Gasteiger partial charge on any atom is -0.467 e. The average Bonchev–Trinajstić information content (AvgIpc) is 3.47. The molecule has 0 radical (unpaired) electrons. The molecule has 0 saturated carbocycles. The second kappa shape index (κ2) is 11.7. The van der Waals surface area contributed by atoms with Gasteiger partial charge in [0.05, 0.1) is 18.5 Å². The van der Waals surface area contributed by atoms with Crippen molar-refractivity contribution < 1.29 is 28.3 Å². The molecule has 1 aromatic carbocycles. The van der Waals surface area contributed by atoms with Gasteiger partial charge in [-0.05, 0) is 41.3 Å². The van der Waals surface area contributed by atoms with Crippen molar-refractivity contribution in [2.45, 2.75) is 18.5 Å². The third-order valence-electron chi connectivity index (χ3n) is 6.00. The van der Waals surface area contributed by atoms with Crippen molar-refractivity contribution in [3.8, 4) is 0 Å². The van der Waals surface area contributed by atoms with Gasteiger partial charge in [-0.25, -0.2) is 9.18 Å². The lowest BCUT2D eigenvalue weighted by molar-refractivity contribution is -0.145. The van der Waals surface area contributed by atoms with E-state index < -0.39 is 35.7 Å². The molecule has 4 rings (SSSR count). The summed E-state index contributed by atoms with van der Waals surface area (Å²) in [6, 6.07) is 10.0. The lowest BCUT2D eigenvalue weighted by Gasteiger charge is -2.40. The van der Waals surface area contributed by atoms with Gasteiger partial charge in [-0.15, -0.1) is 11.3 Å². The molecule has 3 amide bonds. The van der Waals surface area contributed by atoms with Gasteiger partial charge in [0.25, 0.3) is 11.8 Å². The van der Waals surface area contributed by atoms with Crippen LogP contribution in [-0.2, 0) is 20.7 Å². The number of nitrogens with one attached hydrogen (secondary N) is 1. The van der Waals surface area contributed by atoms with Crippen LogP contribution in [0.2, 0.25) is 0 Å². The fourth-order valence-electron chi connectivity index (χ4n) is 4.14. The molecule has 2 atom stereocenters. The zero-order valence-corrected chi connectivity index (χ0v) is 20.8. The Kier molecular flexibility index (Phi) is 8.24. The summed E-state index contributed by atoms with van der Waals surface area (Å²) < 4.78 is 18.6. The molecule has 3 aromatic rings. The molecule has 1 saturated heterocycles. The fraction of sp³-hybridized carbons (Fsp3) is 0.269. The van der Waals surface area contributed by atoms with E-state index in [1.165, 1.54) is 46.4 Å². The van der Waals surface area contributed by atoms with E-state index in [1.54, 1.807) is 42.0 Å². The number of halogens is 1. The minimum atomic E-state index is -1.08. The molecule has 37 heavy (non-hydrogen) atoms. The number of thiophene rings is 1. The second-order valence-corrected chi connectivity index (χ2v) is 9.35. The summed E-state index contributed by atoms with van der Waals surface area (Å²) in [5.74, 6) is -2.63. The highest BCUT2D eigenvalue weighted by Crippen LogP contribution is 2.20. The summed E-state index contributed by atoms with van der Waals surface area (Å²) in [7, 11) is 1.22. The third-order valence-corrected chi connectivity index (χ3v) is 6.86. The van der Waals surface area contributed by atoms with Crippen molar-refractivity contribution in [2.75, 3.05) is 26.7 Å². The number of carbonyl (C=O) groups is 4. The molecule has 3 heterocycles. The maximum absolute atomic E-state index is 13.7. The number of carbonyl (C=O) groups excluding carboxylic acids is 4. The Balaban J connectivity index is 1.58. The predicted molar refractivity (Wildman–Crippen MR) is 133 cm³/mol. The smallest absolute Gasteiger partial charge is 0.328 e. The van der Waals surface area contributed by atoms with Gasteiger partial charge < -0.3 is 19.9 Å². The van der Waals surface area contributed by atoms with Crippen molar-refractivity contribution in [2.24, 2.45) is 0 Å². The van der Waals surface area contributed by atoms with Crippen molar-refractivity contribution in [3.63, 3.8) is 0 Å². The molecule has 1 N–H and O–H groups in total. The van der Waals surface area contributed by atoms with Crippen LogP contribution in [-0.4, -0.2) is 77.3 Å². The summed E-state index contributed by atoms with van der Waals surface area (Å²) in [6.45, 7) is 0.118. The molecule has 1 fully saturated rings. The first-order chi connectivity index (χ1) is 17.9. The number of esters is 1. The van der Waals surface area contributed by atoms with E-state index in [4.69, 9.17) is 4.74 Å². The highest BCUT2D eigenvalue weighted by molar-refractivity contribution is 7.12. The van der Waals surface area contributed by atoms with E-state index in [-0.39, 0.29) is 37.5 Å². The van der Waals surface area contributed by atoms with Gasteiger partial charge in [-0.3, -0.25) is 19.4 Å². The second-order valence-electron chi connectivity index (χ2n) is 8.40. The SMILES string of the molecule is COC(=O)[C@@H](Cc1cccnc1)NC(=O)[C@@H]1CN(C(=O)c2cccc(F)c2)CCN1C(=O)c1cccs1. The predicted octanol–water partition coefficient (Wildman–Crippen LogP) is 2.15. The zero-order chi connectivity index (χ0) is 26.4. The molecule has 0 unspecified atom stereocenters. The van der Waals surface area contributed by atoms with Crippen molar-refractivity contribution in [1.29, 1.82) is 0 Å². The van der Waals surface area contributed by atoms with Crippen LogP contribution in [0, 0.1) is 5.82 Å². The topological polar surface area (TPSA) is 109 Å². The first kappa shape index (κ1) is 26.0. The Morgan fingerprint density at radius 3 is 2.65 bits per heavy atom. The Morgan fingerprint density at radius 2 is 1.97 bits per heavy atom. The Hall–Kier alpha value is -4.12. The number of rotatable bonds is 7. The van der Waals surface area contributed by atoms with E-state index in [0.29, 0.717) is 10.4 Å². The molecule has 0 bridgehead atoms. The number of piperazine rings is 1. The lowest BCUT2D eigenvalue weighted by atomic mass is 10.1. The van der Waals surface area contributed by atoms with Gasteiger partial charge >= 0.3 is 5.97 Å². The first-order valence-corrected chi connectivity index (χ1v) is 12.4. The molecule has 1 aliphatic rings. The van der Waals surface area contributed by atoms with Crippen LogP contribution >= 0.6 is 11.3 Å². The molecule has 1 aliphatic heterocycles. The molecule has 2 aromatic heterocycles. The number of nitrogens with zero attached hydrogens (tertiary/aromatic N) is 3. The average molecular weight is 525 g/mol. The Bertz CT molecular complexity index is 1270. The number of hydrogen-bond donors (Lipinski definition) is 1. The van der Waals surface area contributed by atoms with Crippen LogP contribution in [0.3, 0.4) is 0 Å². The first-order valence-electron chi connectivity index (χ1n) is 11.5. The van der Waals surface area contributed by atoms with Gasteiger partial charge in [0.2, 0.25) is 5.91 Å². The lowest BCUT2D eigenvalue weighted by Crippen LogP contribution is -2.63. The number of methoxy groups -OCH3 is 1. The maximum atomic E-state index is 13.7. The number of amides is 3. The van der Waals surface area contributed by atoms with E-state index in [2.05, 4.69) is 10.3 Å². The highest BCUT2D eigenvalue weighted by atomic mass is 32.1. The van der Waals surface area contributed by atoms with Crippen LogP contribution in [0.25, 0.3) is 0 Å². The summed E-state index contributed by atoms with van der Waals surface area (Å²) in [6.07, 6.45) is 3.30. The number of aromatic nitrogens is 1. The summed E-state index contributed by atoms with van der Waals surface area (Å²) in [5.41, 5.74) is 0.845. The van der Waals surface area contributed by atoms with Crippen LogP contribution in [0.15, 0.2) is 66.3 Å². The van der Waals surface area contributed by atoms with Gasteiger partial charge in [0.1, 0.15) is 17.9 Å². The van der Waals surface area contributed by atoms with Gasteiger partial charge in [0, 0.05) is 37.5 Å². The summed E-state index contributed by atoms with van der Waals surface area (Å²) in [5, 5.41) is 4.45.